The molecule has 2 rings (SSSR count). The maximum absolute atomic E-state index is 3.81. The second-order valence-electron chi connectivity index (χ2n) is 3.94. The zero-order valence-electron chi connectivity index (χ0n) is 8.79. The van der Waals surface area contributed by atoms with Gasteiger partial charge in [0.05, 0.1) is 0 Å². The summed E-state index contributed by atoms with van der Waals surface area (Å²) in [6.45, 7) is 4.99. The lowest BCUT2D eigenvalue weighted by Crippen LogP contribution is -2.25. The third-order valence-corrected chi connectivity index (χ3v) is 2.89. The van der Waals surface area contributed by atoms with Gasteiger partial charge in [0, 0.05) is 19.3 Å². The van der Waals surface area contributed by atoms with Gasteiger partial charge in [-0.25, -0.2) is 0 Å². The van der Waals surface area contributed by atoms with Crippen LogP contribution >= 0.6 is 0 Å². The van der Waals surface area contributed by atoms with E-state index < -0.39 is 0 Å². The molecule has 0 bridgehead atoms. The molecule has 1 aromatic rings. The molecule has 74 valence electrons. The Bertz CT molecular complexity index is 341. The first-order valence-corrected chi connectivity index (χ1v) is 5.25. The Hall–Kier alpha value is -1.24. The third-order valence-electron chi connectivity index (χ3n) is 2.89. The summed E-state index contributed by atoms with van der Waals surface area (Å²) in [6, 6.07) is 6.62. The number of hydrogen-bond donors (Lipinski definition) is 0. The van der Waals surface area contributed by atoms with Crippen molar-refractivity contribution in [2.24, 2.45) is 0 Å². The van der Waals surface area contributed by atoms with E-state index in [0.29, 0.717) is 0 Å². The molecule has 1 nitrogen and oxygen atoms in total. The van der Waals surface area contributed by atoms with E-state index in [0.717, 1.165) is 6.42 Å². The van der Waals surface area contributed by atoms with E-state index in [1.54, 1.807) is 0 Å². The maximum Gasteiger partial charge on any atom is 0.0431 e. The number of rotatable bonds is 2. The lowest BCUT2D eigenvalue weighted by atomic mass is 9.97. The fourth-order valence-corrected chi connectivity index (χ4v) is 2.28. The predicted octanol–water partition coefficient (Wildman–Crippen LogP) is 2.80. The SMILES string of the molecule is C=CCc1cccc2c1N(C)CCC2. The molecule has 0 spiro atoms. The van der Waals surface area contributed by atoms with Gasteiger partial charge in [-0.1, -0.05) is 24.3 Å². The minimum atomic E-state index is 0.980. The number of aryl methyl sites for hydroxylation is 1. The molecule has 1 heteroatoms. The molecule has 0 N–H and O–H groups in total. The van der Waals surface area contributed by atoms with Gasteiger partial charge >= 0.3 is 0 Å². The molecule has 1 aliphatic heterocycles. The lowest BCUT2D eigenvalue weighted by Gasteiger charge is -2.29. The zero-order chi connectivity index (χ0) is 9.97. The van der Waals surface area contributed by atoms with Crippen molar-refractivity contribution in [2.75, 3.05) is 18.5 Å². The number of anilines is 1. The van der Waals surface area contributed by atoms with E-state index in [1.807, 2.05) is 6.08 Å². The first-order chi connectivity index (χ1) is 6.83. The Morgan fingerprint density at radius 2 is 2.36 bits per heavy atom. The van der Waals surface area contributed by atoms with Crippen LogP contribution in [0.15, 0.2) is 30.9 Å². The highest BCUT2D eigenvalue weighted by Crippen LogP contribution is 2.30. The van der Waals surface area contributed by atoms with E-state index in [9.17, 15) is 0 Å². The molecule has 0 radical (unpaired) electrons. The molecule has 1 aliphatic rings. The van der Waals surface area contributed by atoms with Crippen LogP contribution in [0, 0.1) is 0 Å². The van der Waals surface area contributed by atoms with Crippen LogP contribution in [-0.2, 0) is 12.8 Å². The van der Waals surface area contributed by atoms with Gasteiger partial charge in [-0.05, 0) is 30.4 Å². The van der Waals surface area contributed by atoms with Crippen molar-refractivity contribution in [3.8, 4) is 0 Å². The summed E-state index contributed by atoms with van der Waals surface area (Å²) < 4.78 is 0. The van der Waals surface area contributed by atoms with Gasteiger partial charge in [0.25, 0.3) is 0 Å². The predicted molar refractivity (Wildman–Crippen MR) is 61.9 cm³/mol. The third kappa shape index (κ3) is 1.54. The van der Waals surface area contributed by atoms with Crippen molar-refractivity contribution in [3.63, 3.8) is 0 Å². The topological polar surface area (TPSA) is 3.24 Å². The van der Waals surface area contributed by atoms with E-state index in [1.165, 1.54) is 36.2 Å². The fraction of sp³-hybridized carbons (Fsp3) is 0.385. The van der Waals surface area contributed by atoms with Gasteiger partial charge in [0.1, 0.15) is 0 Å². The lowest BCUT2D eigenvalue weighted by molar-refractivity contribution is 0.740. The Balaban J connectivity index is 2.46. The van der Waals surface area contributed by atoms with E-state index in [-0.39, 0.29) is 0 Å². The Labute approximate surface area is 86.1 Å². The number of allylic oxidation sites excluding steroid dienone is 1. The first-order valence-electron chi connectivity index (χ1n) is 5.25. The van der Waals surface area contributed by atoms with Crippen LogP contribution in [0.25, 0.3) is 0 Å². The largest absolute Gasteiger partial charge is 0.374 e. The van der Waals surface area contributed by atoms with E-state index in [4.69, 9.17) is 0 Å². The minimum Gasteiger partial charge on any atom is -0.374 e. The number of hydrogen-bond acceptors (Lipinski definition) is 1. The number of fused-ring (bicyclic) bond motifs is 1. The highest BCUT2D eigenvalue weighted by Gasteiger charge is 2.15. The number of para-hydroxylation sites is 1. The average Bonchev–Trinajstić information content (AvgIpc) is 2.19. The first kappa shape index (κ1) is 9.32. The van der Waals surface area contributed by atoms with Crippen molar-refractivity contribution in [3.05, 3.63) is 42.0 Å². The minimum absolute atomic E-state index is 0.980. The normalized spacial score (nSPS) is 15.1. The van der Waals surface area contributed by atoms with Crippen molar-refractivity contribution >= 4 is 5.69 Å². The number of nitrogens with zero attached hydrogens (tertiary/aromatic N) is 1. The molecule has 0 unspecified atom stereocenters. The van der Waals surface area contributed by atoms with Gasteiger partial charge in [-0.15, -0.1) is 6.58 Å². The van der Waals surface area contributed by atoms with Gasteiger partial charge in [-0.3, -0.25) is 0 Å². The van der Waals surface area contributed by atoms with Crippen LogP contribution in [0.3, 0.4) is 0 Å². The molecule has 14 heavy (non-hydrogen) atoms. The standard InChI is InChI=1S/C13H17N/c1-3-6-11-7-4-8-12-9-5-10-14(2)13(11)12/h3-4,7-8H,1,5-6,9-10H2,2H3. The highest BCUT2D eigenvalue weighted by molar-refractivity contribution is 5.61. The van der Waals surface area contributed by atoms with Crippen molar-refractivity contribution in [2.45, 2.75) is 19.3 Å². The molecular formula is C13H17N. The summed E-state index contributed by atoms with van der Waals surface area (Å²) in [7, 11) is 2.19. The molecule has 0 atom stereocenters. The van der Waals surface area contributed by atoms with Crippen LogP contribution < -0.4 is 4.90 Å². The van der Waals surface area contributed by atoms with Crippen LogP contribution in [0.4, 0.5) is 5.69 Å². The highest BCUT2D eigenvalue weighted by atomic mass is 15.1. The molecule has 0 saturated carbocycles. The molecule has 0 saturated heterocycles. The van der Waals surface area contributed by atoms with Crippen LogP contribution in [0.1, 0.15) is 17.5 Å². The van der Waals surface area contributed by atoms with E-state index >= 15 is 0 Å². The average molecular weight is 187 g/mol. The molecule has 0 aromatic heterocycles. The molecule has 0 aliphatic carbocycles. The fourth-order valence-electron chi connectivity index (χ4n) is 2.28. The summed E-state index contributed by atoms with van der Waals surface area (Å²) in [4.78, 5) is 2.37. The van der Waals surface area contributed by atoms with Gasteiger partial charge < -0.3 is 4.90 Å². The van der Waals surface area contributed by atoms with Gasteiger partial charge in [0.15, 0.2) is 0 Å². The summed E-state index contributed by atoms with van der Waals surface area (Å²) in [5.74, 6) is 0. The Morgan fingerprint density at radius 3 is 3.14 bits per heavy atom. The van der Waals surface area contributed by atoms with Crippen molar-refractivity contribution in [1.82, 2.24) is 0 Å². The zero-order valence-corrected chi connectivity index (χ0v) is 8.79. The Morgan fingerprint density at radius 1 is 1.50 bits per heavy atom. The number of benzene rings is 1. The molecule has 1 heterocycles. The molecule has 0 amide bonds. The van der Waals surface area contributed by atoms with Crippen molar-refractivity contribution < 1.29 is 0 Å². The van der Waals surface area contributed by atoms with E-state index in [2.05, 4.69) is 36.7 Å². The summed E-state index contributed by atoms with van der Waals surface area (Å²) >= 11 is 0. The summed E-state index contributed by atoms with van der Waals surface area (Å²) in [6.07, 6.45) is 5.47. The molecule has 1 aromatic carbocycles. The molecular weight excluding hydrogens is 170 g/mol. The second-order valence-corrected chi connectivity index (χ2v) is 3.94. The monoisotopic (exact) mass is 187 g/mol. The maximum atomic E-state index is 3.81. The smallest absolute Gasteiger partial charge is 0.0431 e. The van der Waals surface area contributed by atoms with Crippen LogP contribution in [0.5, 0.6) is 0 Å². The summed E-state index contributed by atoms with van der Waals surface area (Å²) in [5, 5.41) is 0. The second kappa shape index (κ2) is 3.87. The summed E-state index contributed by atoms with van der Waals surface area (Å²) in [5.41, 5.74) is 4.36. The molecule has 0 fully saturated rings. The Kier molecular flexibility index (Phi) is 2.58. The van der Waals surface area contributed by atoms with Gasteiger partial charge in [0.2, 0.25) is 0 Å². The van der Waals surface area contributed by atoms with Crippen LogP contribution in [0.2, 0.25) is 0 Å². The van der Waals surface area contributed by atoms with Gasteiger partial charge in [-0.2, -0.15) is 0 Å². The van der Waals surface area contributed by atoms with Crippen LogP contribution in [-0.4, -0.2) is 13.6 Å². The van der Waals surface area contributed by atoms with Crippen molar-refractivity contribution in [1.29, 1.82) is 0 Å². The quantitative estimate of drug-likeness (QED) is 0.643.